The van der Waals surface area contributed by atoms with E-state index in [0.717, 1.165) is 11.3 Å². The van der Waals surface area contributed by atoms with Gasteiger partial charge in [-0.25, -0.2) is 0 Å². The minimum Gasteiger partial charge on any atom is -0.497 e. The highest BCUT2D eigenvalue weighted by atomic mass is 35.5. The van der Waals surface area contributed by atoms with Gasteiger partial charge in [0.05, 0.1) is 18.6 Å². The van der Waals surface area contributed by atoms with Crippen LogP contribution < -0.4 is 14.8 Å². The summed E-state index contributed by atoms with van der Waals surface area (Å²) in [5.74, 6) is 1.77. The third kappa shape index (κ3) is 5.39. The minimum absolute atomic E-state index is 0.102. The molecule has 0 unspecified atom stereocenters. The molecule has 0 spiro atoms. The maximum absolute atomic E-state index is 12.2. The van der Waals surface area contributed by atoms with Crippen LogP contribution in [0.3, 0.4) is 0 Å². The lowest BCUT2D eigenvalue weighted by molar-refractivity contribution is -0.115. The van der Waals surface area contributed by atoms with Gasteiger partial charge in [-0.05, 0) is 60.2 Å². The van der Waals surface area contributed by atoms with Crippen molar-refractivity contribution in [2.75, 3.05) is 12.4 Å². The maximum Gasteiger partial charge on any atom is 0.228 e. The Bertz CT molecular complexity index is 925. The first kappa shape index (κ1) is 19.1. The molecule has 6 heteroatoms. The number of carbonyl (C=O) groups is 1. The average Bonchev–Trinajstić information content (AvgIpc) is 2.66. The summed E-state index contributed by atoms with van der Waals surface area (Å²) in [6.45, 7) is 0. The first-order valence-corrected chi connectivity index (χ1v) is 8.95. The van der Waals surface area contributed by atoms with E-state index in [1.807, 2.05) is 24.3 Å². The Balaban J connectivity index is 1.58. The van der Waals surface area contributed by atoms with Crippen molar-refractivity contribution in [3.05, 3.63) is 82.3 Å². The minimum atomic E-state index is -0.102. The van der Waals surface area contributed by atoms with Crippen molar-refractivity contribution in [2.45, 2.75) is 6.42 Å². The van der Waals surface area contributed by atoms with Crippen LogP contribution in [0.2, 0.25) is 10.0 Å². The van der Waals surface area contributed by atoms with E-state index in [1.165, 1.54) is 0 Å². The lowest BCUT2D eigenvalue weighted by atomic mass is 10.1. The lowest BCUT2D eigenvalue weighted by Gasteiger charge is -2.10. The highest BCUT2D eigenvalue weighted by Crippen LogP contribution is 2.31. The second kappa shape index (κ2) is 8.80. The molecule has 0 aliphatic heterocycles. The summed E-state index contributed by atoms with van der Waals surface area (Å²) in [4.78, 5) is 12.2. The second-order valence-electron chi connectivity index (χ2n) is 5.77. The van der Waals surface area contributed by atoms with Crippen molar-refractivity contribution in [3.63, 3.8) is 0 Å². The van der Waals surface area contributed by atoms with Crippen LogP contribution in [0.25, 0.3) is 0 Å². The molecule has 3 rings (SSSR count). The van der Waals surface area contributed by atoms with E-state index >= 15 is 0 Å². The number of hydrogen-bond acceptors (Lipinski definition) is 3. The molecule has 1 N–H and O–H groups in total. The number of hydrogen-bond donors (Lipinski definition) is 1. The van der Waals surface area contributed by atoms with Crippen LogP contribution >= 0.6 is 23.2 Å². The SMILES string of the molecule is COc1ccc(CC(=O)Nc2ccc(Oc3ccc(Cl)cc3Cl)cc2)cc1. The van der Waals surface area contributed by atoms with Crippen molar-refractivity contribution in [3.8, 4) is 17.2 Å². The number of halogens is 2. The van der Waals surface area contributed by atoms with Crippen LogP contribution in [0.15, 0.2) is 66.7 Å². The van der Waals surface area contributed by atoms with Crippen LogP contribution in [0, 0.1) is 0 Å². The first-order chi connectivity index (χ1) is 13.0. The van der Waals surface area contributed by atoms with Gasteiger partial charge >= 0.3 is 0 Å². The molecule has 0 heterocycles. The van der Waals surface area contributed by atoms with Crippen LogP contribution in [0.4, 0.5) is 5.69 Å². The summed E-state index contributed by atoms with van der Waals surface area (Å²) in [6.07, 6.45) is 0.280. The summed E-state index contributed by atoms with van der Waals surface area (Å²) < 4.78 is 10.8. The second-order valence-corrected chi connectivity index (χ2v) is 6.62. The van der Waals surface area contributed by atoms with Crippen LogP contribution in [0.5, 0.6) is 17.2 Å². The zero-order valence-electron chi connectivity index (χ0n) is 14.5. The Morgan fingerprint density at radius 3 is 2.22 bits per heavy atom. The number of rotatable bonds is 6. The third-order valence-electron chi connectivity index (χ3n) is 3.78. The Kier molecular flexibility index (Phi) is 6.22. The van der Waals surface area contributed by atoms with Crippen molar-refractivity contribution in [1.82, 2.24) is 0 Å². The molecule has 0 saturated carbocycles. The molecule has 138 valence electrons. The molecular formula is C21H17Cl2NO3. The van der Waals surface area contributed by atoms with Gasteiger partial charge in [-0.2, -0.15) is 0 Å². The molecule has 0 aliphatic rings. The standard InChI is InChI=1S/C21H17Cl2NO3/c1-26-17-7-2-14(3-8-17)12-21(25)24-16-5-9-18(10-6-16)27-20-11-4-15(22)13-19(20)23/h2-11,13H,12H2,1H3,(H,24,25). The third-order valence-corrected chi connectivity index (χ3v) is 4.31. The van der Waals surface area contributed by atoms with Crippen LogP contribution in [-0.2, 0) is 11.2 Å². The van der Waals surface area contributed by atoms with Gasteiger partial charge in [0.15, 0.2) is 0 Å². The molecule has 0 bridgehead atoms. The lowest BCUT2D eigenvalue weighted by Crippen LogP contribution is -2.14. The van der Waals surface area contributed by atoms with Crippen LogP contribution in [-0.4, -0.2) is 13.0 Å². The topological polar surface area (TPSA) is 47.6 Å². The summed E-state index contributed by atoms with van der Waals surface area (Å²) in [6, 6.07) is 19.5. The van der Waals surface area contributed by atoms with Crippen molar-refractivity contribution >= 4 is 34.8 Å². The van der Waals surface area contributed by atoms with E-state index in [1.54, 1.807) is 49.6 Å². The fourth-order valence-electron chi connectivity index (χ4n) is 2.43. The van der Waals surface area contributed by atoms with E-state index < -0.39 is 0 Å². The molecule has 27 heavy (non-hydrogen) atoms. The molecule has 0 fully saturated rings. The fraction of sp³-hybridized carbons (Fsp3) is 0.0952. The van der Waals surface area contributed by atoms with E-state index in [0.29, 0.717) is 27.2 Å². The van der Waals surface area contributed by atoms with Gasteiger partial charge in [0.1, 0.15) is 17.2 Å². The van der Waals surface area contributed by atoms with E-state index in [2.05, 4.69) is 5.32 Å². The summed E-state index contributed by atoms with van der Waals surface area (Å²) in [7, 11) is 1.61. The Labute approximate surface area is 167 Å². The highest BCUT2D eigenvalue weighted by Gasteiger charge is 2.07. The number of amides is 1. The molecular weight excluding hydrogens is 385 g/mol. The van der Waals surface area contributed by atoms with Crippen molar-refractivity contribution < 1.29 is 14.3 Å². The van der Waals surface area contributed by atoms with Gasteiger partial charge in [-0.15, -0.1) is 0 Å². The van der Waals surface area contributed by atoms with E-state index in [4.69, 9.17) is 32.7 Å². The maximum atomic E-state index is 12.2. The van der Waals surface area contributed by atoms with Gasteiger partial charge in [0.2, 0.25) is 5.91 Å². The summed E-state index contributed by atoms with van der Waals surface area (Å²) in [5, 5.41) is 3.83. The van der Waals surface area contributed by atoms with Crippen molar-refractivity contribution in [1.29, 1.82) is 0 Å². The van der Waals surface area contributed by atoms with E-state index in [-0.39, 0.29) is 12.3 Å². The highest BCUT2D eigenvalue weighted by molar-refractivity contribution is 6.35. The molecule has 0 atom stereocenters. The number of benzene rings is 3. The Hall–Kier alpha value is -2.69. The number of ether oxygens (including phenoxy) is 2. The number of methoxy groups -OCH3 is 1. The largest absolute Gasteiger partial charge is 0.497 e. The quantitative estimate of drug-likeness (QED) is 0.552. The molecule has 0 aromatic heterocycles. The number of carbonyl (C=O) groups excluding carboxylic acids is 1. The van der Waals surface area contributed by atoms with Gasteiger partial charge in [-0.1, -0.05) is 35.3 Å². The summed E-state index contributed by atoms with van der Waals surface area (Å²) >= 11 is 12.0. The molecule has 3 aromatic carbocycles. The fourth-order valence-corrected chi connectivity index (χ4v) is 2.87. The predicted molar refractivity (Wildman–Crippen MR) is 108 cm³/mol. The first-order valence-electron chi connectivity index (χ1n) is 8.19. The van der Waals surface area contributed by atoms with Gasteiger partial charge < -0.3 is 14.8 Å². The van der Waals surface area contributed by atoms with E-state index in [9.17, 15) is 4.79 Å². The molecule has 0 saturated heterocycles. The Morgan fingerprint density at radius 2 is 1.59 bits per heavy atom. The molecule has 0 aliphatic carbocycles. The van der Waals surface area contributed by atoms with Gasteiger partial charge in [-0.3, -0.25) is 4.79 Å². The van der Waals surface area contributed by atoms with Gasteiger partial charge in [0.25, 0.3) is 0 Å². The van der Waals surface area contributed by atoms with Gasteiger partial charge in [0, 0.05) is 10.7 Å². The number of anilines is 1. The smallest absolute Gasteiger partial charge is 0.228 e. The molecule has 4 nitrogen and oxygen atoms in total. The van der Waals surface area contributed by atoms with Crippen LogP contribution in [0.1, 0.15) is 5.56 Å². The van der Waals surface area contributed by atoms with Crippen molar-refractivity contribution in [2.24, 2.45) is 0 Å². The average molecular weight is 402 g/mol. The molecule has 1 amide bonds. The monoisotopic (exact) mass is 401 g/mol. The summed E-state index contributed by atoms with van der Waals surface area (Å²) in [5.41, 5.74) is 1.59. The predicted octanol–water partition coefficient (Wildman–Crippen LogP) is 5.98. The zero-order chi connectivity index (χ0) is 19.2. The molecule has 0 radical (unpaired) electrons. The normalized spacial score (nSPS) is 10.3. The molecule has 3 aromatic rings. The number of nitrogens with one attached hydrogen (secondary N) is 1. The Morgan fingerprint density at radius 1 is 0.926 bits per heavy atom. The zero-order valence-corrected chi connectivity index (χ0v) is 16.1.